The first-order chi connectivity index (χ1) is 8.70. The quantitative estimate of drug-likeness (QED) is 0.808. The largest absolute Gasteiger partial charge is 0.496 e. The van der Waals surface area contributed by atoms with E-state index in [0.29, 0.717) is 5.82 Å². The lowest BCUT2D eigenvalue weighted by atomic mass is 10.1. The molecule has 5 heteroatoms. The van der Waals surface area contributed by atoms with Crippen LogP contribution < -0.4 is 4.74 Å². The van der Waals surface area contributed by atoms with Crippen LogP contribution >= 0.6 is 0 Å². The third-order valence-corrected chi connectivity index (χ3v) is 2.38. The van der Waals surface area contributed by atoms with Gasteiger partial charge >= 0.3 is 5.97 Å². The molecule has 0 saturated heterocycles. The molecule has 1 aromatic heterocycles. The molecule has 5 nitrogen and oxygen atoms in total. The Balaban J connectivity index is 2.32. The van der Waals surface area contributed by atoms with Crippen LogP contribution in [0.25, 0.3) is 17.3 Å². The smallest absolute Gasteiger partial charge is 0.328 e. The zero-order valence-electron chi connectivity index (χ0n) is 9.75. The van der Waals surface area contributed by atoms with Gasteiger partial charge in [0.15, 0.2) is 0 Å². The Labute approximate surface area is 104 Å². The molecule has 1 heterocycles. The van der Waals surface area contributed by atoms with Gasteiger partial charge in [-0.25, -0.2) is 9.78 Å². The van der Waals surface area contributed by atoms with Crippen LogP contribution in [0, 0.1) is 0 Å². The summed E-state index contributed by atoms with van der Waals surface area (Å²) >= 11 is 0. The number of ether oxygens (including phenoxy) is 1. The van der Waals surface area contributed by atoms with Gasteiger partial charge in [-0.05, 0) is 18.2 Å². The summed E-state index contributed by atoms with van der Waals surface area (Å²) in [5.74, 6) is 0.207. The number of H-pyrrole nitrogens is 1. The number of methoxy groups -OCH3 is 1. The second-order valence-electron chi connectivity index (χ2n) is 3.55. The lowest BCUT2D eigenvalue weighted by molar-refractivity contribution is -0.131. The van der Waals surface area contributed by atoms with Crippen molar-refractivity contribution in [1.29, 1.82) is 0 Å². The van der Waals surface area contributed by atoms with Gasteiger partial charge in [0.05, 0.1) is 19.0 Å². The number of carboxylic acid groups (broad SMARTS) is 1. The Bertz CT molecular complexity index is 587. The van der Waals surface area contributed by atoms with E-state index in [1.807, 2.05) is 24.3 Å². The minimum Gasteiger partial charge on any atom is -0.496 e. The summed E-state index contributed by atoms with van der Waals surface area (Å²) in [6, 6.07) is 7.52. The molecule has 0 radical (unpaired) electrons. The molecule has 0 spiro atoms. The average molecular weight is 244 g/mol. The SMILES string of the molecule is COc1ccccc1-c1cnc(/C=C/C(=O)O)[nH]1. The average Bonchev–Trinajstić information content (AvgIpc) is 2.85. The number of carboxylic acids is 1. The second kappa shape index (κ2) is 5.18. The molecule has 2 aromatic rings. The van der Waals surface area contributed by atoms with E-state index in [9.17, 15) is 4.79 Å². The number of carbonyl (C=O) groups is 1. The highest BCUT2D eigenvalue weighted by Gasteiger charge is 2.07. The maximum Gasteiger partial charge on any atom is 0.328 e. The van der Waals surface area contributed by atoms with Gasteiger partial charge < -0.3 is 14.8 Å². The van der Waals surface area contributed by atoms with Crippen LogP contribution in [0.4, 0.5) is 0 Å². The predicted molar refractivity (Wildman–Crippen MR) is 67.2 cm³/mol. The van der Waals surface area contributed by atoms with Crippen LogP contribution in [0.1, 0.15) is 5.82 Å². The summed E-state index contributed by atoms with van der Waals surface area (Å²) < 4.78 is 5.25. The van der Waals surface area contributed by atoms with E-state index >= 15 is 0 Å². The van der Waals surface area contributed by atoms with Crippen LogP contribution in [0.15, 0.2) is 36.5 Å². The first-order valence-corrected chi connectivity index (χ1v) is 5.30. The zero-order chi connectivity index (χ0) is 13.0. The number of rotatable bonds is 4. The third kappa shape index (κ3) is 2.57. The molecule has 0 aliphatic heterocycles. The van der Waals surface area contributed by atoms with Gasteiger partial charge in [0.2, 0.25) is 0 Å². The number of nitrogens with zero attached hydrogens (tertiary/aromatic N) is 1. The lowest BCUT2D eigenvalue weighted by Gasteiger charge is -2.05. The number of nitrogens with one attached hydrogen (secondary N) is 1. The fourth-order valence-electron chi connectivity index (χ4n) is 1.58. The lowest BCUT2D eigenvalue weighted by Crippen LogP contribution is -1.88. The molecule has 1 aromatic carbocycles. The van der Waals surface area contributed by atoms with Gasteiger partial charge in [0, 0.05) is 11.6 Å². The number of hydrogen-bond donors (Lipinski definition) is 2. The van der Waals surface area contributed by atoms with E-state index in [2.05, 4.69) is 9.97 Å². The number of hydrogen-bond acceptors (Lipinski definition) is 3. The summed E-state index contributed by atoms with van der Waals surface area (Å²) in [6.07, 6.45) is 4.07. The molecule has 0 aliphatic rings. The molecular weight excluding hydrogens is 232 g/mol. The molecule has 0 fully saturated rings. The molecule has 0 atom stereocenters. The third-order valence-electron chi connectivity index (χ3n) is 2.38. The number of aromatic nitrogens is 2. The Morgan fingerprint density at radius 2 is 2.22 bits per heavy atom. The normalized spacial score (nSPS) is 10.7. The summed E-state index contributed by atoms with van der Waals surface area (Å²) in [6.45, 7) is 0. The van der Waals surface area contributed by atoms with Crippen molar-refractivity contribution >= 4 is 12.0 Å². The summed E-state index contributed by atoms with van der Waals surface area (Å²) in [5.41, 5.74) is 1.65. The van der Waals surface area contributed by atoms with Crippen molar-refractivity contribution in [1.82, 2.24) is 9.97 Å². The molecule has 0 bridgehead atoms. The standard InChI is InChI=1S/C13H12N2O3/c1-18-11-5-3-2-4-9(11)10-8-14-12(15-10)6-7-13(16)17/h2-8H,1H3,(H,14,15)(H,16,17)/b7-6+. The maximum absolute atomic E-state index is 10.4. The number of para-hydroxylation sites is 1. The number of benzene rings is 1. The van der Waals surface area contributed by atoms with E-state index in [-0.39, 0.29) is 0 Å². The Morgan fingerprint density at radius 3 is 2.94 bits per heavy atom. The number of aliphatic carboxylic acids is 1. The molecule has 2 rings (SSSR count). The Kier molecular flexibility index (Phi) is 3.43. The van der Waals surface area contributed by atoms with Crippen LogP contribution in [0.2, 0.25) is 0 Å². The number of imidazole rings is 1. The van der Waals surface area contributed by atoms with Gasteiger partial charge in [0.25, 0.3) is 0 Å². The topological polar surface area (TPSA) is 75.2 Å². The minimum atomic E-state index is -1.01. The van der Waals surface area contributed by atoms with Gasteiger partial charge in [0.1, 0.15) is 11.6 Å². The summed E-state index contributed by atoms with van der Waals surface area (Å²) in [4.78, 5) is 17.5. The highest BCUT2D eigenvalue weighted by molar-refractivity contribution is 5.84. The van der Waals surface area contributed by atoms with Crippen LogP contribution in [-0.4, -0.2) is 28.2 Å². The first-order valence-electron chi connectivity index (χ1n) is 5.30. The van der Waals surface area contributed by atoms with Crippen LogP contribution in [0.3, 0.4) is 0 Å². The van der Waals surface area contributed by atoms with Crippen molar-refractivity contribution in [3.63, 3.8) is 0 Å². The van der Waals surface area contributed by atoms with E-state index in [1.54, 1.807) is 13.3 Å². The second-order valence-corrected chi connectivity index (χ2v) is 3.55. The predicted octanol–water partition coefficient (Wildman–Crippen LogP) is 2.18. The molecule has 0 amide bonds. The fourth-order valence-corrected chi connectivity index (χ4v) is 1.58. The van der Waals surface area contributed by atoms with Crippen molar-refractivity contribution in [2.45, 2.75) is 0 Å². The van der Waals surface area contributed by atoms with Crippen molar-refractivity contribution in [3.8, 4) is 17.0 Å². The van der Waals surface area contributed by atoms with Crippen LogP contribution in [0.5, 0.6) is 5.75 Å². The first kappa shape index (κ1) is 11.9. The van der Waals surface area contributed by atoms with Crippen molar-refractivity contribution < 1.29 is 14.6 Å². The Hall–Kier alpha value is -2.56. The molecule has 0 aliphatic carbocycles. The summed E-state index contributed by atoms with van der Waals surface area (Å²) in [7, 11) is 1.60. The zero-order valence-corrected chi connectivity index (χ0v) is 9.75. The molecule has 92 valence electrons. The van der Waals surface area contributed by atoms with Crippen LogP contribution in [-0.2, 0) is 4.79 Å². The highest BCUT2D eigenvalue weighted by Crippen LogP contribution is 2.27. The minimum absolute atomic E-state index is 0.485. The van der Waals surface area contributed by atoms with Gasteiger partial charge in [-0.1, -0.05) is 12.1 Å². The van der Waals surface area contributed by atoms with Crippen molar-refractivity contribution in [2.75, 3.05) is 7.11 Å². The van der Waals surface area contributed by atoms with Gasteiger partial charge in [-0.3, -0.25) is 0 Å². The summed E-state index contributed by atoms with van der Waals surface area (Å²) in [5, 5.41) is 8.53. The van der Waals surface area contributed by atoms with Gasteiger partial charge in [-0.2, -0.15) is 0 Å². The van der Waals surface area contributed by atoms with E-state index in [1.165, 1.54) is 6.08 Å². The maximum atomic E-state index is 10.4. The van der Waals surface area contributed by atoms with Crippen molar-refractivity contribution in [3.05, 3.63) is 42.4 Å². The highest BCUT2D eigenvalue weighted by atomic mass is 16.5. The molecule has 18 heavy (non-hydrogen) atoms. The van der Waals surface area contributed by atoms with E-state index in [4.69, 9.17) is 9.84 Å². The molecular formula is C13H12N2O3. The van der Waals surface area contributed by atoms with E-state index < -0.39 is 5.97 Å². The molecule has 2 N–H and O–H groups in total. The fraction of sp³-hybridized carbons (Fsp3) is 0.0769. The van der Waals surface area contributed by atoms with E-state index in [0.717, 1.165) is 23.1 Å². The number of aromatic amines is 1. The molecule has 0 unspecified atom stereocenters. The molecule has 0 saturated carbocycles. The Morgan fingerprint density at radius 1 is 1.44 bits per heavy atom. The van der Waals surface area contributed by atoms with Gasteiger partial charge in [-0.15, -0.1) is 0 Å². The van der Waals surface area contributed by atoms with Crippen molar-refractivity contribution in [2.24, 2.45) is 0 Å². The monoisotopic (exact) mass is 244 g/mol.